The van der Waals surface area contributed by atoms with E-state index in [0.29, 0.717) is 17.4 Å². The van der Waals surface area contributed by atoms with Crippen LogP contribution in [0.1, 0.15) is 42.2 Å². The Morgan fingerprint density at radius 3 is 2.11 bits per heavy atom. The summed E-state index contributed by atoms with van der Waals surface area (Å²) >= 11 is 0. The molecule has 1 atom stereocenters. The van der Waals surface area contributed by atoms with Crippen LogP contribution >= 0.6 is 0 Å². The third-order valence-electron chi connectivity index (χ3n) is 4.17. The Balaban J connectivity index is 1.99. The van der Waals surface area contributed by atoms with Gasteiger partial charge in [0.25, 0.3) is 5.91 Å². The summed E-state index contributed by atoms with van der Waals surface area (Å²) in [6.07, 6.45) is 0.788. The number of methoxy groups -OCH3 is 2. The maximum absolute atomic E-state index is 12.4. The van der Waals surface area contributed by atoms with E-state index >= 15 is 0 Å². The number of carbonyl (C=O) groups excluding carboxylic acids is 2. The van der Waals surface area contributed by atoms with Crippen molar-refractivity contribution in [1.82, 2.24) is 5.32 Å². The summed E-state index contributed by atoms with van der Waals surface area (Å²) in [6, 6.07) is 14.3. The minimum Gasteiger partial charge on any atom is -0.497 e. The maximum atomic E-state index is 12.4. The molecular weight excluding hydrogens is 358 g/mol. The Morgan fingerprint density at radius 2 is 1.57 bits per heavy atom. The van der Waals surface area contributed by atoms with E-state index in [4.69, 9.17) is 14.2 Å². The normalized spacial score (nSPS) is 11.6. The van der Waals surface area contributed by atoms with Crippen molar-refractivity contribution in [2.45, 2.75) is 26.3 Å². The molecule has 2 aromatic rings. The van der Waals surface area contributed by atoms with Crippen LogP contribution in [-0.2, 0) is 9.53 Å². The second-order valence-corrected chi connectivity index (χ2v) is 6.84. The number of rotatable bonds is 9. The third kappa shape index (κ3) is 6.30. The number of nitrogens with one attached hydrogen (secondary N) is 1. The quantitative estimate of drug-likeness (QED) is 0.665. The molecule has 2 rings (SSSR count). The van der Waals surface area contributed by atoms with E-state index in [2.05, 4.69) is 19.2 Å². The number of carbonyl (C=O) groups is 2. The molecule has 6 nitrogen and oxygen atoms in total. The molecule has 6 heteroatoms. The molecule has 150 valence electrons. The van der Waals surface area contributed by atoms with Gasteiger partial charge in [-0.15, -0.1) is 0 Å². The Bertz CT molecular complexity index is 767. The first-order valence-electron chi connectivity index (χ1n) is 9.17. The van der Waals surface area contributed by atoms with E-state index in [-0.39, 0.29) is 24.1 Å². The van der Waals surface area contributed by atoms with Gasteiger partial charge in [0, 0.05) is 6.07 Å². The molecule has 0 saturated heterocycles. The van der Waals surface area contributed by atoms with Gasteiger partial charge in [0.05, 0.1) is 25.8 Å². The van der Waals surface area contributed by atoms with Crippen molar-refractivity contribution < 1.29 is 23.8 Å². The average molecular weight is 385 g/mol. The molecule has 0 aliphatic carbocycles. The molecule has 0 heterocycles. The average Bonchev–Trinajstić information content (AvgIpc) is 2.71. The number of amides is 1. The molecule has 28 heavy (non-hydrogen) atoms. The van der Waals surface area contributed by atoms with E-state index in [1.807, 2.05) is 30.3 Å². The Morgan fingerprint density at radius 1 is 0.964 bits per heavy atom. The lowest BCUT2D eigenvalue weighted by Gasteiger charge is -2.21. The van der Waals surface area contributed by atoms with Gasteiger partial charge < -0.3 is 19.5 Å². The minimum absolute atomic E-state index is 0.135. The zero-order valence-electron chi connectivity index (χ0n) is 16.7. The van der Waals surface area contributed by atoms with Crippen LogP contribution in [0.25, 0.3) is 0 Å². The van der Waals surface area contributed by atoms with Gasteiger partial charge in [0.1, 0.15) is 11.5 Å². The van der Waals surface area contributed by atoms with Crippen molar-refractivity contribution in [3.8, 4) is 11.5 Å². The predicted molar refractivity (Wildman–Crippen MR) is 107 cm³/mol. The van der Waals surface area contributed by atoms with Crippen LogP contribution in [0.3, 0.4) is 0 Å². The fraction of sp³-hybridized carbons (Fsp3) is 0.364. The summed E-state index contributed by atoms with van der Waals surface area (Å²) in [4.78, 5) is 24.7. The van der Waals surface area contributed by atoms with Gasteiger partial charge >= 0.3 is 5.97 Å². The first-order valence-corrected chi connectivity index (χ1v) is 9.17. The van der Waals surface area contributed by atoms with Crippen molar-refractivity contribution >= 4 is 11.9 Å². The van der Waals surface area contributed by atoms with E-state index in [9.17, 15) is 9.59 Å². The summed E-state index contributed by atoms with van der Waals surface area (Å²) in [5.74, 6) is 0.371. The lowest BCUT2D eigenvalue weighted by atomic mass is 9.97. The lowest BCUT2D eigenvalue weighted by molar-refractivity contribution is -0.125. The van der Waals surface area contributed by atoms with Crippen LogP contribution in [0.4, 0.5) is 0 Å². The Kier molecular flexibility index (Phi) is 7.87. The molecule has 0 fully saturated rings. The maximum Gasteiger partial charge on any atom is 0.338 e. The number of esters is 1. The second-order valence-electron chi connectivity index (χ2n) is 6.84. The molecule has 0 aromatic heterocycles. The minimum atomic E-state index is -0.618. The standard InChI is InChI=1S/C22H27NO5/c1-15(2)10-20(16-8-6-5-7-9-16)23-21(24)14-28-22(25)17-11-18(26-3)13-19(12-17)27-4/h5-9,11-13,15,20H,10,14H2,1-4H3,(H,23,24)/t20-/m0/s1. The smallest absolute Gasteiger partial charge is 0.338 e. The van der Waals surface area contributed by atoms with Gasteiger partial charge in [-0.3, -0.25) is 4.79 Å². The highest BCUT2D eigenvalue weighted by atomic mass is 16.5. The first kappa shape index (κ1) is 21.3. The molecule has 1 amide bonds. The zero-order chi connectivity index (χ0) is 20.5. The van der Waals surface area contributed by atoms with Crippen LogP contribution in [0.2, 0.25) is 0 Å². The molecule has 0 bridgehead atoms. The summed E-state index contributed by atoms with van der Waals surface area (Å²) in [5.41, 5.74) is 1.28. The molecule has 0 aliphatic rings. The van der Waals surface area contributed by atoms with Crippen molar-refractivity contribution in [3.05, 3.63) is 59.7 Å². The lowest BCUT2D eigenvalue weighted by Crippen LogP contribution is -2.33. The summed E-state index contributed by atoms with van der Waals surface area (Å²) in [6.45, 7) is 3.83. The van der Waals surface area contributed by atoms with Gasteiger partial charge in [-0.25, -0.2) is 4.79 Å². The SMILES string of the molecule is COc1cc(OC)cc(C(=O)OCC(=O)N[C@@H](CC(C)C)c2ccccc2)c1. The van der Waals surface area contributed by atoms with E-state index in [1.165, 1.54) is 26.4 Å². The number of benzene rings is 2. The largest absolute Gasteiger partial charge is 0.497 e. The second kappa shape index (κ2) is 10.3. The monoisotopic (exact) mass is 385 g/mol. The third-order valence-corrected chi connectivity index (χ3v) is 4.17. The Hall–Kier alpha value is -3.02. The number of hydrogen-bond donors (Lipinski definition) is 1. The van der Waals surface area contributed by atoms with Crippen molar-refractivity contribution in [3.63, 3.8) is 0 Å². The van der Waals surface area contributed by atoms with Gasteiger partial charge in [-0.05, 0) is 30.0 Å². The fourth-order valence-electron chi connectivity index (χ4n) is 2.81. The van der Waals surface area contributed by atoms with Crippen LogP contribution in [-0.4, -0.2) is 32.7 Å². The molecule has 1 N–H and O–H groups in total. The van der Waals surface area contributed by atoms with Crippen LogP contribution in [0.15, 0.2) is 48.5 Å². The van der Waals surface area contributed by atoms with Crippen LogP contribution in [0, 0.1) is 5.92 Å². The number of hydrogen-bond acceptors (Lipinski definition) is 5. The van der Waals surface area contributed by atoms with Crippen molar-refractivity contribution in [2.24, 2.45) is 5.92 Å². The fourth-order valence-corrected chi connectivity index (χ4v) is 2.81. The highest BCUT2D eigenvalue weighted by Crippen LogP contribution is 2.23. The topological polar surface area (TPSA) is 73.9 Å². The molecule has 0 aliphatic heterocycles. The Labute approximate surface area is 165 Å². The molecular formula is C22H27NO5. The van der Waals surface area contributed by atoms with Gasteiger partial charge in [0.15, 0.2) is 6.61 Å². The van der Waals surface area contributed by atoms with E-state index in [0.717, 1.165) is 12.0 Å². The summed E-state index contributed by atoms with van der Waals surface area (Å²) < 4.78 is 15.5. The summed E-state index contributed by atoms with van der Waals surface area (Å²) in [7, 11) is 2.99. The van der Waals surface area contributed by atoms with E-state index < -0.39 is 5.97 Å². The molecule has 0 unspecified atom stereocenters. The highest BCUT2D eigenvalue weighted by molar-refractivity contribution is 5.92. The van der Waals surface area contributed by atoms with Gasteiger partial charge in [-0.1, -0.05) is 44.2 Å². The first-order chi connectivity index (χ1) is 13.4. The number of ether oxygens (including phenoxy) is 3. The van der Waals surface area contributed by atoms with E-state index in [1.54, 1.807) is 6.07 Å². The van der Waals surface area contributed by atoms with Crippen molar-refractivity contribution in [1.29, 1.82) is 0 Å². The summed E-state index contributed by atoms with van der Waals surface area (Å²) in [5, 5.41) is 2.95. The highest BCUT2D eigenvalue weighted by Gasteiger charge is 2.18. The molecule has 0 spiro atoms. The van der Waals surface area contributed by atoms with Crippen LogP contribution in [0.5, 0.6) is 11.5 Å². The molecule has 0 radical (unpaired) electrons. The van der Waals surface area contributed by atoms with Gasteiger partial charge in [-0.2, -0.15) is 0 Å². The molecule has 2 aromatic carbocycles. The predicted octanol–water partition coefficient (Wildman–Crippen LogP) is 3.76. The molecule has 0 saturated carbocycles. The van der Waals surface area contributed by atoms with Crippen LogP contribution < -0.4 is 14.8 Å². The van der Waals surface area contributed by atoms with Crippen molar-refractivity contribution in [2.75, 3.05) is 20.8 Å². The van der Waals surface area contributed by atoms with Gasteiger partial charge in [0.2, 0.25) is 0 Å². The zero-order valence-corrected chi connectivity index (χ0v) is 16.7.